The highest BCUT2D eigenvalue weighted by Gasteiger charge is 2.13. The summed E-state index contributed by atoms with van der Waals surface area (Å²) in [6.45, 7) is 0.355. The molecule has 4 rings (SSSR count). The fraction of sp³-hybridized carbons (Fsp3) is 0.115. The normalized spacial score (nSPS) is 10.6. The maximum Gasteiger partial charge on any atom is 0.255 e. The second-order valence-electron chi connectivity index (χ2n) is 7.36. The predicted octanol–water partition coefficient (Wildman–Crippen LogP) is 6.33. The number of amides is 1. The van der Waals surface area contributed by atoms with Gasteiger partial charge in [0.25, 0.3) is 5.91 Å². The van der Waals surface area contributed by atoms with Gasteiger partial charge < -0.3 is 14.8 Å². The number of benzene rings is 3. The maximum atomic E-state index is 12.8. The molecule has 1 heterocycles. The first-order chi connectivity index (χ1) is 16.5. The summed E-state index contributed by atoms with van der Waals surface area (Å²) >= 11 is 12.2. The Balaban J connectivity index is 1.42. The number of rotatable bonds is 8. The topological polar surface area (TPSA) is 73.3 Å². The number of carbonyl (C=O) groups excluding carboxylic acids is 1. The first-order valence-electron chi connectivity index (χ1n) is 10.4. The van der Waals surface area contributed by atoms with E-state index in [2.05, 4.69) is 15.3 Å². The number of aromatic nitrogens is 2. The first kappa shape index (κ1) is 23.5. The van der Waals surface area contributed by atoms with Gasteiger partial charge in [-0.15, -0.1) is 0 Å². The second kappa shape index (κ2) is 11.0. The minimum absolute atomic E-state index is 0.260. The smallest absolute Gasteiger partial charge is 0.255 e. The van der Waals surface area contributed by atoms with E-state index >= 15 is 0 Å². The van der Waals surface area contributed by atoms with Gasteiger partial charge in [-0.3, -0.25) is 4.79 Å². The fourth-order valence-electron chi connectivity index (χ4n) is 3.32. The van der Waals surface area contributed by atoms with E-state index < -0.39 is 0 Å². The van der Waals surface area contributed by atoms with Crippen LogP contribution in [0.4, 0.5) is 5.69 Å². The molecule has 0 fully saturated rings. The van der Waals surface area contributed by atoms with Gasteiger partial charge in [-0.25, -0.2) is 9.97 Å². The van der Waals surface area contributed by atoms with Gasteiger partial charge in [-0.1, -0.05) is 41.4 Å². The summed E-state index contributed by atoms with van der Waals surface area (Å²) in [7, 11) is 1.55. The van der Waals surface area contributed by atoms with E-state index in [9.17, 15) is 4.79 Å². The SMILES string of the molecule is COc1ccc(C(=O)Nc2ccc(-c3cncnc3)cc2)cc1OCCc1ccc(Cl)cc1Cl. The summed E-state index contributed by atoms with van der Waals surface area (Å²) in [5, 5.41) is 4.07. The highest BCUT2D eigenvalue weighted by molar-refractivity contribution is 6.35. The Morgan fingerprint density at radius 3 is 2.38 bits per heavy atom. The van der Waals surface area contributed by atoms with Crippen LogP contribution in [0.2, 0.25) is 10.0 Å². The van der Waals surface area contributed by atoms with Crippen LogP contribution in [-0.4, -0.2) is 29.6 Å². The number of methoxy groups -OCH3 is 1. The van der Waals surface area contributed by atoms with Crippen LogP contribution < -0.4 is 14.8 Å². The number of hydrogen-bond donors (Lipinski definition) is 1. The van der Waals surface area contributed by atoms with E-state index in [1.807, 2.05) is 30.3 Å². The van der Waals surface area contributed by atoms with E-state index in [1.165, 1.54) is 6.33 Å². The molecule has 0 aliphatic carbocycles. The third-order valence-electron chi connectivity index (χ3n) is 5.11. The Labute approximate surface area is 207 Å². The molecule has 0 aliphatic rings. The maximum absolute atomic E-state index is 12.8. The molecule has 0 atom stereocenters. The average molecular weight is 494 g/mol. The predicted molar refractivity (Wildman–Crippen MR) is 134 cm³/mol. The Kier molecular flexibility index (Phi) is 7.62. The average Bonchev–Trinajstić information content (AvgIpc) is 2.86. The summed E-state index contributed by atoms with van der Waals surface area (Å²) in [6, 6.07) is 17.9. The van der Waals surface area contributed by atoms with Gasteiger partial charge in [0.05, 0.1) is 13.7 Å². The van der Waals surface area contributed by atoms with Crippen molar-refractivity contribution in [1.82, 2.24) is 9.97 Å². The number of anilines is 1. The molecule has 1 aromatic heterocycles. The molecule has 0 saturated heterocycles. The van der Waals surface area contributed by atoms with E-state index in [1.54, 1.807) is 49.8 Å². The number of ether oxygens (including phenoxy) is 2. The standard InChI is InChI=1S/C26H21Cl2N3O3/c1-33-24-9-5-19(12-25(24)34-11-10-18-2-6-21(27)13-23(18)28)26(32)31-22-7-3-17(4-8-22)20-14-29-16-30-15-20/h2-9,12-16H,10-11H2,1H3,(H,31,32). The minimum atomic E-state index is -0.260. The Hall–Kier alpha value is -3.61. The van der Waals surface area contributed by atoms with Crippen molar-refractivity contribution in [2.45, 2.75) is 6.42 Å². The molecule has 34 heavy (non-hydrogen) atoms. The van der Waals surface area contributed by atoms with Gasteiger partial charge in [0.2, 0.25) is 0 Å². The summed E-state index contributed by atoms with van der Waals surface area (Å²) in [6.07, 6.45) is 5.53. The van der Waals surface area contributed by atoms with Crippen LogP contribution in [0.3, 0.4) is 0 Å². The lowest BCUT2D eigenvalue weighted by atomic mass is 10.1. The molecule has 0 aliphatic heterocycles. The third-order valence-corrected chi connectivity index (χ3v) is 5.69. The molecule has 0 radical (unpaired) electrons. The quantitative estimate of drug-likeness (QED) is 0.310. The van der Waals surface area contributed by atoms with Crippen molar-refractivity contribution in [3.8, 4) is 22.6 Å². The molecule has 6 nitrogen and oxygen atoms in total. The van der Waals surface area contributed by atoms with Crippen LogP contribution >= 0.6 is 23.2 Å². The number of halogens is 2. The van der Waals surface area contributed by atoms with Crippen LogP contribution in [0, 0.1) is 0 Å². The lowest BCUT2D eigenvalue weighted by molar-refractivity contribution is 0.102. The summed E-state index contributed by atoms with van der Waals surface area (Å²) in [5.41, 5.74) is 3.89. The zero-order valence-corrected chi connectivity index (χ0v) is 19.8. The van der Waals surface area contributed by atoms with Gasteiger partial charge in [-0.2, -0.15) is 0 Å². The van der Waals surface area contributed by atoms with Gasteiger partial charge in [0.1, 0.15) is 6.33 Å². The molecule has 0 unspecified atom stereocenters. The molecule has 172 valence electrons. The lowest BCUT2D eigenvalue weighted by Gasteiger charge is -2.13. The molecule has 4 aromatic rings. The molecule has 0 bridgehead atoms. The highest BCUT2D eigenvalue weighted by Crippen LogP contribution is 2.29. The molecule has 3 aromatic carbocycles. The fourth-order valence-corrected chi connectivity index (χ4v) is 3.83. The van der Waals surface area contributed by atoms with Crippen molar-refractivity contribution in [3.63, 3.8) is 0 Å². The minimum Gasteiger partial charge on any atom is -0.493 e. The van der Waals surface area contributed by atoms with Crippen LogP contribution in [0.15, 0.2) is 79.4 Å². The molecular formula is C26H21Cl2N3O3. The van der Waals surface area contributed by atoms with Gasteiger partial charge in [0, 0.05) is 45.7 Å². The van der Waals surface area contributed by atoms with Crippen LogP contribution in [0.5, 0.6) is 11.5 Å². The third kappa shape index (κ3) is 5.84. The number of carbonyl (C=O) groups is 1. The monoisotopic (exact) mass is 493 g/mol. The van der Waals surface area contributed by atoms with E-state index in [0.29, 0.717) is 45.8 Å². The largest absolute Gasteiger partial charge is 0.493 e. The zero-order valence-electron chi connectivity index (χ0n) is 18.3. The van der Waals surface area contributed by atoms with Crippen molar-refractivity contribution >= 4 is 34.8 Å². The van der Waals surface area contributed by atoms with Crippen molar-refractivity contribution in [1.29, 1.82) is 0 Å². The van der Waals surface area contributed by atoms with Gasteiger partial charge in [-0.05, 0) is 53.6 Å². The molecule has 0 saturated carbocycles. The van der Waals surface area contributed by atoms with Crippen LogP contribution in [0.1, 0.15) is 15.9 Å². The van der Waals surface area contributed by atoms with Crippen LogP contribution in [0.25, 0.3) is 11.1 Å². The Bertz CT molecular complexity index is 1280. The van der Waals surface area contributed by atoms with Crippen molar-refractivity contribution in [2.24, 2.45) is 0 Å². The van der Waals surface area contributed by atoms with Crippen LogP contribution in [-0.2, 0) is 6.42 Å². The van der Waals surface area contributed by atoms with Gasteiger partial charge in [0.15, 0.2) is 11.5 Å². The molecule has 1 amide bonds. The second-order valence-corrected chi connectivity index (χ2v) is 8.20. The molecule has 0 spiro atoms. The highest BCUT2D eigenvalue weighted by atomic mass is 35.5. The van der Waals surface area contributed by atoms with Gasteiger partial charge >= 0.3 is 0 Å². The zero-order chi connectivity index (χ0) is 23.9. The number of hydrogen-bond acceptors (Lipinski definition) is 5. The summed E-state index contributed by atoms with van der Waals surface area (Å²) in [4.78, 5) is 20.9. The van der Waals surface area contributed by atoms with Crippen molar-refractivity contribution in [2.75, 3.05) is 19.0 Å². The van der Waals surface area contributed by atoms with Crippen molar-refractivity contribution in [3.05, 3.63) is 101 Å². The summed E-state index contributed by atoms with van der Waals surface area (Å²) in [5.74, 6) is 0.747. The van der Waals surface area contributed by atoms with Crippen molar-refractivity contribution < 1.29 is 14.3 Å². The molecule has 8 heteroatoms. The van der Waals surface area contributed by atoms with E-state index in [0.717, 1.165) is 16.7 Å². The number of nitrogens with one attached hydrogen (secondary N) is 1. The first-order valence-corrected chi connectivity index (χ1v) is 11.2. The molecular weight excluding hydrogens is 473 g/mol. The Morgan fingerprint density at radius 1 is 0.912 bits per heavy atom. The summed E-state index contributed by atoms with van der Waals surface area (Å²) < 4.78 is 11.3. The van der Waals surface area contributed by atoms with E-state index in [4.69, 9.17) is 32.7 Å². The lowest BCUT2D eigenvalue weighted by Crippen LogP contribution is -2.12. The Morgan fingerprint density at radius 2 is 1.68 bits per heavy atom. The van der Waals surface area contributed by atoms with E-state index in [-0.39, 0.29) is 5.91 Å². The number of nitrogens with zero attached hydrogens (tertiary/aromatic N) is 2. The molecule has 1 N–H and O–H groups in total.